The first-order chi connectivity index (χ1) is 8.79. The predicted octanol–water partition coefficient (Wildman–Crippen LogP) is 0.697. The topological polar surface area (TPSA) is 85.4 Å². The number of pyridine rings is 1. The van der Waals surface area contributed by atoms with Crippen LogP contribution in [0.4, 0.5) is 4.39 Å². The molecule has 0 aliphatic rings. The van der Waals surface area contributed by atoms with E-state index in [2.05, 4.69) is 14.4 Å². The molecule has 1 heterocycles. The second-order valence-corrected chi connectivity index (χ2v) is 5.79. The highest BCUT2D eigenvalue weighted by Gasteiger charge is 2.31. The minimum absolute atomic E-state index is 0.353. The molecule has 0 fully saturated rings. The lowest BCUT2D eigenvalue weighted by molar-refractivity contribution is -0.143. The number of esters is 1. The first-order valence-electron chi connectivity index (χ1n) is 5.50. The second kappa shape index (κ2) is 6.07. The Hall–Kier alpha value is -1.54. The molecule has 0 radical (unpaired) electrons. The molecule has 0 spiro atoms. The second-order valence-electron chi connectivity index (χ2n) is 4.16. The van der Waals surface area contributed by atoms with Crippen molar-refractivity contribution in [1.29, 1.82) is 0 Å². The number of halogens is 1. The van der Waals surface area contributed by atoms with Gasteiger partial charge in [0.15, 0.2) is 5.82 Å². The summed E-state index contributed by atoms with van der Waals surface area (Å²) in [5, 5.41) is -0.746. The summed E-state index contributed by atoms with van der Waals surface area (Å²) in [6.45, 7) is 3.28. The van der Waals surface area contributed by atoms with Crippen molar-refractivity contribution >= 4 is 16.0 Å². The van der Waals surface area contributed by atoms with Gasteiger partial charge in [-0.15, -0.1) is 0 Å². The molecule has 0 unspecified atom stereocenters. The molecule has 1 N–H and O–H groups in total. The summed E-state index contributed by atoms with van der Waals surface area (Å²) >= 11 is 0. The summed E-state index contributed by atoms with van der Waals surface area (Å²) < 4.78 is 44.0. The number of sulfonamides is 1. The average Bonchev–Trinajstić information content (AvgIpc) is 2.35. The van der Waals surface area contributed by atoms with E-state index in [-0.39, 0.29) is 5.92 Å². The Morgan fingerprint density at radius 1 is 1.47 bits per heavy atom. The number of nitrogens with zero attached hydrogens (tertiary/aromatic N) is 1. The maximum Gasteiger partial charge on any atom is 0.324 e. The van der Waals surface area contributed by atoms with E-state index >= 15 is 0 Å². The third-order valence-electron chi connectivity index (χ3n) is 2.38. The van der Waals surface area contributed by atoms with Gasteiger partial charge in [0.05, 0.1) is 7.11 Å². The summed E-state index contributed by atoms with van der Waals surface area (Å²) in [5.74, 6) is -2.08. The molecule has 0 saturated carbocycles. The van der Waals surface area contributed by atoms with Crippen LogP contribution in [0.1, 0.15) is 13.8 Å². The Morgan fingerprint density at radius 2 is 2.11 bits per heavy atom. The van der Waals surface area contributed by atoms with E-state index in [9.17, 15) is 17.6 Å². The minimum Gasteiger partial charge on any atom is -0.468 e. The number of rotatable bonds is 5. The number of nitrogens with one attached hydrogen (secondary N) is 1. The van der Waals surface area contributed by atoms with Gasteiger partial charge < -0.3 is 4.74 Å². The lowest BCUT2D eigenvalue weighted by atomic mass is 10.1. The van der Waals surface area contributed by atoms with Crippen molar-refractivity contribution in [3.05, 3.63) is 24.1 Å². The molecule has 8 heteroatoms. The van der Waals surface area contributed by atoms with Crippen LogP contribution >= 0.6 is 0 Å². The van der Waals surface area contributed by atoms with Crippen LogP contribution in [0.15, 0.2) is 23.4 Å². The van der Waals surface area contributed by atoms with Crippen molar-refractivity contribution in [2.45, 2.75) is 24.9 Å². The highest BCUT2D eigenvalue weighted by molar-refractivity contribution is 7.89. The molecule has 0 amide bonds. The van der Waals surface area contributed by atoms with E-state index in [1.807, 2.05) is 0 Å². The Kier molecular flexibility index (Phi) is 4.96. The van der Waals surface area contributed by atoms with Gasteiger partial charge >= 0.3 is 5.97 Å². The van der Waals surface area contributed by atoms with Crippen LogP contribution in [0.2, 0.25) is 0 Å². The fourth-order valence-electron chi connectivity index (χ4n) is 1.38. The molecule has 0 bridgehead atoms. The number of hydrogen-bond donors (Lipinski definition) is 1. The minimum atomic E-state index is -4.23. The maximum absolute atomic E-state index is 13.4. The molecule has 0 aliphatic heterocycles. The fraction of sp³-hybridized carbons (Fsp3) is 0.455. The van der Waals surface area contributed by atoms with Crippen LogP contribution in [0.3, 0.4) is 0 Å². The molecule has 1 aromatic heterocycles. The van der Waals surface area contributed by atoms with Crippen LogP contribution in [0.5, 0.6) is 0 Å². The lowest BCUT2D eigenvalue weighted by Gasteiger charge is -2.19. The first kappa shape index (κ1) is 15.5. The Balaban J connectivity index is 3.08. The van der Waals surface area contributed by atoms with Gasteiger partial charge in [0.25, 0.3) is 10.0 Å². The Morgan fingerprint density at radius 3 is 2.58 bits per heavy atom. The van der Waals surface area contributed by atoms with Crippen LogP contribution in [0, 0.1) is 11.7 Å². The molecule has 1 atom stereocenters. The van der Waals surface area contributed by atoms with E-state index in [1.165, 1.54) is 6.07 Å². The molecular formula is C11H15FN2O4S. The third kappa shape index (κ3) is 3.71. The fourth-order valence-corrected chi connectivity index (χ4v) is 2.71. The van der Waals surface area contributed by atoms with Crippen LogP contribution < -0.4 is 4.72 Å². The molecule has 0 saturated heterocycles. The zero-order chi connectivity index (χ0) is 14.6. The molecule has 19 heavy (non-hydrogen) atoms. The number of carbonyl (C=O) groups excluding carboxylic acids is 1. The Labute approximate surface area is 111 Å². The van der Waals surface area contributed by atoms with Crippen LogP contribution in [-0.4, -0.2) is 32.5 Å². The quantitative estimate of drug-likeness (QED) is 0.807. The summed E-state index contributed by atoms with van der Waals surface area (Å²) in [5.41, 5.74) is 0. The van der Waals surface area contributed by atoms with Gasteiger partial charge in [0.2, 0.25) is 5.03 Å². The number of methoxy groups -OCH3 is 1. The number of carbonyl (C=O) groups is 1. The SMILES string of the molecule is COC(=O)[C@@H](NS(=O)(=O)c1ncccc1F)C(C)C. The van der Waals surface area contributed by atoms with Gasteiger partial charge in [-0.25, -0.2) is 17.8 Å². The summed E-state index contributed by atoms with van der Waals surface area (Å²) in [7, 11) is -3.08. The molecule has 6 nitrogen and oxygen atoms in total. The van der Waals surface area contributed by atoms with Crippen LogP contribution in [0.25, 0.3) is 0 Å². The van der Waals surface area contributed by atoms with Crippen molar-refractivity contribution in [2.75, 3.05) is 7.11 Å². The lowest BCUT2D eigenvalue weighted by Crippen LogP contribution is -2.45. The highest BCUT2D eigenvalue weighted by atomic mass is 32.2. The molecule has 106 valence electrons. The predicted molar refractivity (Wildman–Crippen MR) is 65.2 cm³/mol. The maximum atomic E-state index is 13.4. The van der Waals surface area contributed by atoms with Crippen molar-refractivity contribution in [2.24, 2.45) is 5.92 Å². The van der Waals surface area contributed by atoms with Gasteiger partial charge in [0, 0.05) is 6.20 Å². The van der Waals surface area contributed by atoms with Gasteiger partial charge in [0.1, 0.15) is 6.04 Å². The van der Waals surface area contributed by atoms with Gasteiger partial charge in [-0.1, -0.05) is 13.8 Å². The van der Waals surface area contributed by atoms with E-state index in [1.54, 1.807) is 13.8 Å². The standard InChI is InChI=1S/C11H15FN2O4S/c1-7(2)9(11(15)18-3)14-19(16,17)10-8(12)5-4-6-13-10/h4-7,9,14H,1-3H3/t9-/m0/s1. The molecule has 1 rings (SSSR count). The number of hydrogen-bond acceptors (Lipinski definition) is 5. The van der Waals surface area contributed by atoms with Gasteiger partial charge in [-0.3, -0.25) is 4.79 Å². The van der Waals surface area contributed by atoms with E-state index in [4.69, 9.17) is 0 Å². The Bertz CT molecular complexity index is 560. The molecule has 0 aromatic carbocycles. The average molecular weight is 290 g/mol. The molecular weight excluding hydrogens is 275 g/mol. The summed E-state index contributed by atoms with van der Waals surface area (Å²) in [6, 6.07) is 1.15. The van der Waals surface area contributed by atoms with Gasteiger partial charge in [-0.05, 0) is 18.1 Å². The monoisotopic (exact) mass is 290 g/mol. The summed E-state index contributed by atoms with van der Waals surface area (Å²) in [4.78, 5) is 15.0. The van der Waals surface area contributed by atoms with E-state index < -0.39 is 32.9 Å². The van der Waals surface area contributed by atoms with Gasteiger partial charge in [-0.2, -0.15) is 4.72 Å². The zero-order valence-corrected chi connectivity index (χ0v) is 11.6. The van der Waals surface area contributed by atoms with Crippen molar-refractivity contribution in [3.63, 3.8) is 0 Å². The molecule has 0 aliphatic carbocycles. The third-order valence-corrected chi connectivity index (χ3v) is 3.76. The van der Waals surface area contributed by atoms with Crippen molar-refractivity contribution in [3.8, 4) is 0 Å². The molecule has 1 aromatic rings. The number of aromatic nitrogens is 1. The highest BCUT2D eigenvalue weighted by Crippen LogP contribution is 2.13. The zero-order valence-electron chi connectivity index (χ0n) is 10.8. The van der Waals surface area contributed by atoms with Crippen molar-refractivity contribution in [1.82, 2.24) is 9.71 Å². The van der Waals surface area contributed by atoms with E-state index in [0.29, 0.717) is 0 Å². The van der Waals surface area contributed by atoms with Crippen LogP contribution in [-0.2, 0) is 19.6 Å². The first-order valence-corrected chi connectivity index (χ1v) is 6.98. The summed E-state index contributed by atoms with van der Waals surface area (Å²) in [6.07, 6.45) is 1.15. The number of ether oxygens (including phenoxy) is 1. The largest absolute Gasteiger partial charge is 0.468 e. The normalized spacial score (nSPS) is 13.3. The smallest absolute Gasteiger partial charge is 0.324 e. The van der Waals surface area contributed by atoms with E-state index in [0.717, 1.165) is 19.4 Å². The van der Waals surface area contributed by atoms with Crippen molar-refractivity contribution < 1.29 is 22.3 Å².